The molecule has 160 valence electrons. The average molecular weight is 402 g/mol. The number of nitrogen functional groups attached to an aromatic ring is 1. The summed E-state index contributed by atoms with van der Waals surface area (Å²) in [5.74, 6) is -1.56. The zero-order valence-electron chi connectivity index (χ0n) is 17.6. The molecular formula is C21H34F3N3O. The fourth-order valence-corrected chi connectivity index (χ4v) is 3.25. The van der Waals surface area contributed by atoms with Gasteiger partial charge in [-0.1, -0.05) is 40.5 Å². The summed E-state index contributed by atoms with van der Waals surface area (Å²) in [5, 5.41) is 6.85. The second-order valence-corrected chi connectivity index (χ2v) is 7.86. The fraction of sp³-hybridized carbons (Fsp3) is 0.667. The Morgan fingerprint density at radius 1 is 1.18 bits per heavy atom. The molecule has 0 aliphatic carbocycles. The van der Waals surface area contributed by atoms with E-state index < -0.39 is 11.7 Å². The van der Waals surface area contributed by atoms with Crippen LogP contribution >= 0.6 is 0 Å². The molecular weight excluding hydrogens is 367 g/mol. The summed E-state index contributed by atoms with van der Waals surface area (Å²) < 4.78 is 43.6. The van der Waals surface area contributed by atoms with E-state index in [1.165, 1.54) is 6.07 Å². The maximum atomic E-state index is 13.9. The topological polar surface area (TPSA) is 63.9 Å². The number of nitrogens with two attached hydrogens (primary N) is 1. The number of ether oxygens (including phenoxy) is 1. The number of H-pyrrole nitrogens is 1. The van der Waals surface area contributed by atoms with Gasteiger partial charge >= 0.3 is 0 Å². The van der Waals surface area contributed by atoms with Crippen LogP contribution in [0.15, 0.2) is 12.1 Å². The minimum atomic E-state index is -2.48. The summed E-state index contributed by atoms with van der Waals surface area (Å²) in [5.41, 5.74) is 6.17. The van der Waals surface area contributed by atoms with Gasteiger partial charge in [-0.25, -0.2) is 13.2 Å². The van der Waals surface area contributed by atoms with Gasteiger partial charge in [-0.2, -0.15) is 5.10 Å². The van der Waals surface area contributed by atoms with Crippen LogP contribution in [-0.2, 0) is 0 Å². The van der Waals surface area contributed by atoms with Crippen LogP contribution in [0.3, 0.4) is 0 Å². The Kier molecular flexibility index (Phi) is 9.62. The molecule has 4 nitrogen and oxygen atoms in total. The zero-order valence-corrected chi connectivity index (χ0v) is 17.6. The first kappa shape index (κ1) is 24.1. The van der Waals surface area contributed by atoms with Crippen molar-refractivity contribution in [3.8, 4) is 5.75 Å². The molecule has 2 aromatic rings. The SMILES string of the molecule is CC(C)CC(C)(F)F.CCCC(CCC)COc1cc(F)c2c(N)n[nH]c2c1. The highest BCUT2D eigenvalue weighted by Crippen LogP contribution is 2.27. The van der Waals surface area contributed by atoms with E-state index in [-0.39, 0.29) is 18.2 Å². The Morgan fingerprint density at radius 3 is 2.25 bits per heavy atom. The molecule has 0 aliphatic rings. The number of aromatic amines is 1. The van der Waals surface area contributed by atoms with E-state index in [9.17, 15) is 13.2 Å². The third-order valence-corrected chi connectivity index (χ3v) is 4.26. The van der Waals surface area contributed by atoms with Crippen LogP contribution in [0.1, 0.15) is 66.7 Å². The predicted octanol–water partition coefficient (Wildman–Crippen LogP) is 6.57. The van der Waals surface area contributed by atoms with Crippen LogP contribution in [0.4, 0.5) is 19.0 Å². The summed E-state index contributed by atoms with van der Waals surface area (Å²) in [6.07, 6.45) is 4.54. The summed E-state index contributed by atoms with van der Waals surface area (Å²) in [6, 6.07) is 3.12. The number of hydrogen-bond acceptors (Lipinski definition) is 3. The molecule has 7 heteroatoms. The molecule has 2 rings (SSSR count). The number of rotatable bonds is 9. The zero-order chi connectivity index (χ0) is 21.3. The number of anilines is 1. The molecule has 0 spiro atoms. The molecule has 28 heavy (non-hydrogen) atoms. The van der Waals surface area contributed by atoms with Crippen molar-refractivity contribution in [2.75, 3.05) is 12.3 Å². The average Bonchev–Trinajstić information content (AvgIpc) is 2.93. The van der Waals surface area contributed by atoms with Gasteiger partial charge in [0.2, 0.25) is 5.92 Å². The standard InChI is InChI=1S/C15H22FN3O.C6H12F2/c1-3-5-10(6-4-2)9-20-11-7-12(16)14-13(8-11)18-19-15(14)17;1-5(2)4-6(3,7)8/h7-8,10H,3-6,9H2,1-2H3,(H3,17,18,19);5H,4H2,1-3H3. The first-order chi connectivity index (χ1) is 13.1. The second-order valence-electron chi connectivity index (χ2n) is 7.86. The van der Waals surface area contributed by atoms with E-state index in [4.69, 9.17) is 10.5 Å². The molecule has 0 bridgehead atoms. The highest BCUT2D eigenvalue weighted by atomic mass is 19.3. The lowest BCUT2D eigenvalue weighted by molar-refractivity contribution is 0.000977. The van der Waals surface area contributed by atoms with Crippen LogP contribution in [0, 0.1) is 17.7 Å². The van der Waals surface area contributed by atoms with Crippen molar-refractivity contribution < 1.29 is 17.9 Å². The Bertz CT molecular complexity index is 705. The maximum Gasteiger partial charge on any atom is 0.245 e. The summed E-state index contributed by atoms with van der Waals surface area (Å²) in [6.45, 7) is 9.49. The Labute approximate surface area is 166 Å². The van der Waals surface area contributed by atoms with Crippen molar-refractivity contribution in [3.05, 3.63) is 17.9 Å². The minimum absolute atomic E-state index is 0.00694. The number of hydrogen-bond donors (Lipinski definition) is 2. The molecule has 0 radical (unpaired) electrons. The van der Waals surface area contributed by atoms with Gasteiger partial charge in [-0.3, -0.25) is 5.10 Å². The molecule has 0 saturated carbocycles. The molecule has 0 fully saturated rings. The number of alkyl halides is 2. The largest absolute Gasteiger partial charge is 0.493 e. The molecule has 3 N–H and O–H groups in total. The Balaban J connectivity index is 0.000000416. The quantitative estimate of drug-likeness (QED) is 0.500. The van der Waals surface area contributed by atoms with Gasteiger partial charge in [0, 0.05) is 18.6 Å². The van der Waals surface area contributed by atoms with Gasteiger partial charge in [-0.05, 0) is 31.6 Å². The van der Waals surface area contributed by atoms with Crippen molar-refractivity contribution in [1.29, 1.82) is 0 Å². The number of nitrogens with one attached hydrogen (secondary N) is 1. The van der Waals surface area contributed by atoms with Crippen LogP contribution in [-0.4, -0.2) is 22.7 Å². The van der Waals surface area contributed by atoms with E-state index in [0.29, 0.717) is 29.2 Å². The summed E-state index contributed by atoms with van der Waals surface area (Å²) >= 11 is 0. The van der Waals surface area contributed by atoms with E-state index in [1.54, 1.807) is 19.9 Å². The third-order valence-electron chi connectivity index (χ3n) is 4.26. The van der Waals surface area contributed by atoms with Crippen LogP contribution < -0.4 is 10.5 Å². The molecule has 0 saturated heterocycles. The van der Waals surface area contributed by atoms with E-state index in [1.807, 2.05) is 0 Å². The van der Waals surface area contributed by atoms with Crippen LogP contribution in [0.5, 0.6) is 5.75 Å². The Hall–Kier alpha value is -1.92. The monoisotopic (exact) mass is 401 g/mol. The second kappa shape index (κ2) is 11.2. The van der Waals surface area contributed by atoms with Crippen molar-refractivity contribution in [2.24, 2.45) is 11.8 Å². The minimum Gasteiger partial charge on any atom is -0.493 e. The van der Waals surface area contributed by atoms with Gasteiger partial charge in [0.1, 0.15) is 11.6 Å². The van der Waals surface area contributed by atoms with Gasteiger partial charge in [-0.15, -0.1) is 0 Å². The van der Waals surface area contributed by atoms with Crippen molar-refractivity contribution in [2.45, 2.75) is 72.6 Å². The normalized spacial score (nSPS) is 11.8. The summed E-state index contributed by atoms with van der Waals surface area (Å²) in [7, 11) is 0. The summed E-state index contributed by atoms with van der Waals surface area (Å²) in [4.78, 5) is 0. The fourth-order valence-electron chi connectivity index (χ4n) is 3.25. The predicted molar refractivity (Wildman–Crippen MR) is 109 cm³/mol. The Morgan fingerprint density at radius 2 is 1.79 bits per heavy atom. The first-order valence-corrected chi connectivity index (χ1v) is 10.0. The van der Waals surface area contributed by atoms with Crippen molar-refractivity contribution in [3.63, 3.8) is 0 Å². The molecule has 1 aromatic heterocycles. The molecule has 1 aromatic carbocycles. The number of aromatic nitrogens is 2. The smallest absolute Gasteiger partial charge is 0.245 e. The van der Waals surface area contributed by atoms with Crippen LogP contribution in [0.25, 0.3) is 10.9 Å². The number of benzene rings is 1. The van der Waals surface area contributed by atoms with Gasteiger partial charge < -0.3 is 10.5 Å². The number of nitrogens with zero attached hydrogens (tertiary/aromatic N) is 1. The van der Waals surface area contributed by atoms with E-state index >= 15 is 0 Å². The third kappa shape index (κ3) is 8.40. The highest BCUT2D eigenvalue weighted by molar-refractivity contribution is 5.90. The van der Waals surface area contributed by atoms with Gasteiger partial charge in [0.25, 0.3) is 0 Å². The molecule has 0 atom stereocenters. The highest BCUT2D eigenvalue weighted by Gasteiger charge is 2.21. The van der Waals surface area contributed by atoms with Crippen molar-refractivity contribution >= 4 is 16.7 Å². The first-order valence-electron chi connectivity index (χ1n) is 10.0. The molecule has 0 amide bonds. The maximum absolute atomic E-state index is 13.9. The van der Waals surface area contributed by atoms with Gasteiger partial charge in [0.15, 0.2) is 5.82 Å². The van der Waals surface area contributed by atoms with Crippen LogP contribution in [0.2, 0.25) is 0 Å². The van der Waals surface area contributed by atoms with E-state index in [2.05, 4.69) is 24.0 Å². The van der Waals surface area contributed by atoms with Crippen molar-refractivity contribution in [1.82, 2.24) is 10.2 Å². The lowest BCUT2D eigenvalue weighted by Crippen LogP contribution is -2.12. The lowest BCUT2D eigenvalue weighted by atomic mass is 9.99. The molecule has 0 aliphatic heterocycles. The number of halogens is 3. The van der Waals surface area contributed by atoms with Gasteiger partial charge in [0.05, 0.1) is 17.5 Å². The molecule has 1 heterocycles. The molecule has 0 unspecified atom stereocenters. The lowest BCUT2D eigenvalue weighted by Gasteiger charge is -2.16. The number of fused-ring (bicyclic) bond motifs is 1. The van der Waals surface area contributed by atoms with E-state index in [0.717, 1.165) is 32.6 Å².